The molecule has 2 N–H and O–H groups in total. The summed E-state index contributed by atoms with van der Waals surface area (Å²) >= 11 is 0. The Morgan fingerprint density at radius 2 is 1.36 bits per heavy atom. The van der Waals surface area contributed by atoms with E-state index in [1.165, 1.54) is 16.7 Å². The number of carboxylic acid groups (broad SMARTS) is 1. The first-order valence-electron chi connectivity index (χ1n) is 11.6. The van der Waals surface area contributed by atoms with Gasteiger partial charge in [0.25, 0.3) is 5.91 Å². The molecule has 1 aliphatic heterocycles. The molecule has 2 unspecified atom stereocenters. The third-order valence-electron chi connectivity index (χ3n) is 5.75. The molecule has 0 spiro atoms. The summed E-state index contributed by atoms with van der Waals surface area (Å²) in [7, 11) is 0. The van der Waals surface area contributed by atoms with Gasteiger partial charge in [-0.2, -0.15) is 0 Å². The molecule has 1 heterocycles. The average Bonchev–Trinajstić information content (AvgIpc) is 2.83. The molecule has 190 valence electrons. The van der Waals surface area contributed by atoms with E-state index in [1.807, 2.05) is 0 Å². The van der Waals surface area contributed by atoms with E-state index < -0.39 is 48.2 Å². The molecule has 10 heteroatoms. The van der Waals surface area contributed by atoms with Crippen LogP contribution in [0.2, 0.25) is 0 Å². The number of carboxylic acids is 1. The summed E-state index contributed by atoms with van der Waals surface area (Å²) < 4.78 is 5.65. The number of carbonyl (C=O) groups is 5. The van der Waals surface area contributed by atoms with Gasteiger partial charge < -0.3 is 15.2 Å². The molecule has 2 atom stereocenters. The molecule has 0 fully saturated rings. The van der Waals surface area contributed by atoms with Gasteiger partial charge in [-0.3, -0.25) is 24.1 Å². The first-order valence-corrected chi connectivity index (χ1v) is 11.6. The van der Waals surface area contributed by atoms with Crippen molar-refractivity contribution in [2.75, 3.05) is 9.80 Å². The molecule has 36 heavy (non-hydrogen) atoms. The summed E-state index contributed by atoms with van der Waals surface area (Å²) in [5.74, 6) is -3.18. The molecule has 0 saturated heterocycles. The van der Waals surface area contributed by atoms with E-state index in [0.717, 1.165) is 0 Å². The number of aliphatic carboxylic acids is 1. The zero-order valence-corrected chi connectivity index (χ0v) is 20.6. The highest BCUT2D eigenvalue weighted by Gasteiger charge is 2.37. The maximum atomic E-state index is 13.5. The number of fused-ring (bicyclic) bond motifs is 2. The van der Waals surface area contributed by atoms with E-state index in [0.29, 0.717) is 22.7 Å². The Kier molecular flexibility index (Phi) is 8.08. The number of amides is 3. The topological polar surface area (TPSA) is 133 Å². The van der Waals surface area contributed by atoms with Crippen LogP contribution in [0.1, 0.15) is 40.5 Å². The second kappa shape index (κ2) is 11.0. The Hall–Kier alpha value is -4.21. The third kappa shape index (κ3) is 5.37. The normalized spacial score (nSPS) is 13.8. The lowest BCUT2D eigenvalue weighted by Gasteiger charge is -2.37. The number of rotatable bonds is 8. The molecule has 3 amide bonds. The monoisotopic (exact) mass is 495 g/mol. The van der Waals surface area contributed by atoms with Crippen molar-refractivity contribution in [3.63, 3.8) is 0 Å². The van der Waals surface area contributed by atoms with Crippen molar-refractivity contribution in [2.45, 2.75) is 52.7 Å². The summed E-state index contributed by atoms with van der Waals surface area (Å²) in [5.41, 5.74) is 1.73. The van der Waals surface area contributed by atoms with Gasteiger partial charge in [0.2, 0.25) is 5.91 Å². The molecule has 0 radical (unpaired) electrons. The van der Waals surface area contributed by atoms with Gasteiger partial charge in [0.1, 0.15) is 0 Å². The number of nitrogens with one attached hydrogen (secondary N) is 1. The van der Waals surface area contributed by atoms with Crippen LogP contribution < -0.4 is 15.1 Å². The summed E-state index contributed by atoms with van der Waals surface area (Å²) in [6.45, 7) is 6.33. The number of benzene rings is 2. The van der Waals surface area contributed by atoms with Gasteiger partial charge in [-0.1, -0.05) is 45.0 Å². The Bertz CT molecular complexity index is 1150. The second-order valence-corrected chi connectivity index (χ2v) is 8.69. The highest BCUT2D eigenvalue weighted by atomic mass is 16.6. The van der Waals surface area contributed by atoms with E-state index in [1.54, 1.807) is 69.3 Å². The maximum Gasteiger partial charge on any atom is 0.419 e. The average molecular weight is 496 g/mol. The number of Topliss-reactive ketones (excluding diaryl/α,β-unsaturated/α-hetero) is 1. The number of ketones is 1. The first kappa shape index (κ1) is 26.4. The van der Waals surface area contributed by atoms with E-state index in [4.69, 9.17) is 9.84 Å². The molecule has 1 aliphatic rings. The van der Waals surface area contributed by atoms with Crippen molar-refractivity contribution in [2.24, 2.45) is 5.92 Å². The molecule has 2 aromatic carbocycles. The Morgan fingerprint density at radius 3 is 1.75 bits per heavy atom. The number of hydrogen-bond donors (Lipinski definition) is 2. The molecular formula is C26H29N3O7. The predicted molar refractivity (Wildman–Crippen MR) is 132 cm³/mol. The van der Waals surface area contributed by atoms with E-state index in [9.17, 15) is 24.0 Å². The van der Waals surface area contributed by atoms with E-state index in [-0.39, 0.29) is 12.3 Å². The molecule has 10 nitrogen and oxygen atoms in total. The molecule has 3 rings (SSSR count). The van der Waals surface area contributed by atoms with Gasteiger partial charge in [-0.05, 0) is 30.2 Å². The zero-order chi connectivity index (χ0) is 26.6. The fraction of sp³-hybridized carbons (Fsp3) is 0.346. The first-order chi connectivity index (χ1) is 17.1. The third-order valence-corrected chi connectivity index (χ3v) is 5.75. The summed E-state index contributed by atoms with van der Waals surface area (Å²) in [6, 6.07) is 12.4. The summed E-state index contributed by atoms with van der Waals surface area (Å²) in [6.07, 6.45) is -2.70. The Morgan fingerprint density at radius 1 is 0.889 bits per heavy atom. The largest absolute Gasteiger partial charge is 0.481 e. The van der Waals surface area contributed by atoms with Crippen LogP contribution >= 0.6 is 0 Å². The Labute approximate surface area is 208 Å². The van der Waals surface area contributed by atoms with Crippen LogP contribution in [0.15, 0.2) is 48.5 Å². The van der Waals surface area contributed by atoms with Crippen LogP contribution in [0.3, 0.4) is 0 Å². The van der Waals surface area contributed by atoms with Crippen LogP contribution in [0, 0.1) is 5.92 Å². The molecule has 2 aromatic rings. The predicted octanol–water partition coefficient (Wildman–Crippen LogP) is 3.92. The van der Waals surface area contributed by atoms with Crippen molar-refractivity contribution >= 4 is 52.4 Å². The van der Waals surface area contributed by atoms with Crippen molar-refractivity contribution in [3.8, 4) is 0 Å². The highest BCUT2D eigenvalue weighted by molar-refractivity contribution is 6.14. The van der Waals surface area contributed by atoms with Gasteiger partial charge in [-0.25, -0.2) is 9.69 Å². The highest BCUT2D eigenvalue weighted by Crippen LogP contribution is 2.48. The van der Waals surface area contributed by atoms with E-state index in [2.05, 4.69) is 5.32 Å². The number of anilines is 4. The van der Waals surface area contributed by atoms with Crippen molar-refractivity contribution in [1.82, 2.24) is 5.32 Å². The lowest BCUT2D eigenvalue weighted by Crippen LogP contribution is -2.50. The smallest absolute Gasteiger partial charge is 0.419 e. The molecule has 0 saturated carbocycles. The summed E-state index contributed by atoms with van der Waals surface area (Å²) in [4.78, 5) is 65.2. The minimum absolute atomic E-state index is 0.0400. The van der Waals surface area contributed by atoms with Crippen molar-refractivity contribution in [3.05, 3.63) is 48.5 Å². The SMILES string of the molecule is CCC(=O)C(CC(=O)O)NC(=O)C(OC(=O)N1c2ccccc2N(C(C)=O)c2ccccc21)C(C)C. The minimum Gasteiger partial charge on any atom is -0.481 e. The number of ether oxygens (including phenoxy) is 1. The second-order valence-electron chi connectivity index (χ2n) is 8.69. The van der Waals surface area contributed by atoms with Crippen LogP contribution in [0.4, 0.5) is 27.5 Å². The van der Waals surface area contributed by atoms with Crippen LogP contribution in [0.5, 0.6) is 0 Å². The van der Waals surface area contributed by atoms with Gasteiger partial charge in [-0.15, -0.1) is 0 Å². The van der Waals surface area contributed by atoms with Gasteiger partial charge in [0.05, 0.1) is 35.2 Å². The van der Waals surface area contributed by atoms with E-state index >= 15 is 0 Å². The van der Waals surface area contributed by atoms with Crippen LogP contribution in [0.25, 0.3) is 0 Å². The minimum atomic E-state index is -1.30. The molecule has 0 aromatic heterocycles. The summed E-state index contributed by atoms with van der Waals surface area (Å²) in [5, 5.41) is 11.6. The number of nitrogens with zero attached hydrogens (tertiary/aromatic N) is 2. The maximum absolute atomic E-state index is 13.5. The molecular weight excluding hydrogens is 466 g/mol. The number of para-hydroxylation sites is 4. The number of carbonyl (C=O) groups excluding carboxylic acids is 4. The van der Waals surface area contributed by atoms with Crippen molar-refractivity contribution in [1.29, 1.82) is 0 Å². The lowest BCUT2D eigenvalue weighted by molar-refractivity contribution is -0.141. The fourth-order valence-corrected chi connectivity index (χ4v) is 4.05. The van der Waals surface area contributed by atoms with Gasteiger partial charge >= 0.3 is 12.1 Å². The van der Waals surface area contributed by atoms with Crippen LogP contribution in [-0.4, -0.2) is 46.9 Å². The van der Waals surface area contributed by atoms with Crippen molar-refractivity contribution < 1.29 is 33.8 Å². The molecule has 0 bridgehead atoms. The quantitative estimate of drug-likeness (QED) is 0.567. The standard InChI is InChI=1S/C26H29N3O7/c1-5-22(31)17(14-23(32)33)27-25(34)24(15(2)3)36-26(35)29-20-12-8-6-10-18(20)28(16(4)30)19-11-7-9-13-21(19)29/h6-13,15,17,24H,5,14H2,1-4H3,(H,27,34)(H,32,33). The van der Waals surface area contributed by atoms with Crippen LogP contribution in [-0.2, 0) is 23.9 Å². The van der Waals surface area contributed by atoms with Gasteiger partial charge in [0.15, 0.2) is 11.9 Å². The fourth-order valence-electron chi connectivity index (χ4n) is 4.05. The Balaban J connectivity index is 1.94. The van der Waals surface area contributed by atoms with Gasteiger partial charge in [0, 0.05) is 13.3 Å². The lowest BCUT2D eigenvalue weighted by atomic mass is 10.0. The zero-order valence-electron chi connectivity index (χ0n) is 20.6. The number of hydrogen-bond acceptors (Lipinski definition) is 6. The molecule has 0 aliphatic carbocycles.